The molecule has 0 spiro atoms. The van der Waals surface area contributed by atoms with E-state index < -0.39 is 0 Å². The molecule has 154 valence electrons. The number of hydrogen-bond acceptors (Lipinski definition) is 3. The van der Waals surface area contributed by atoms with Crippen LogP contribution in [0, 0.1) is 6.92 Å². The first kappa shape index (κ1) is 19.5. The third kappa shape index (κ3) is 3.28. The molecule has 0 saturated carbocycles. The normalized spacial score (nSPS) is 19.3. The van der Waals surface area contributed by atoms with Crippen molar-refractivity contribution in [3.63, 3.8) is 0 Å². The third-order valence-corrected chi connectivity index (χ3v) is 7.50. The van der Waals surface area contributed by atoms with Gasteiger partial charge in [-0.15, -0.1) is 11.3 Å². The van der Waals surface area contributed by atoms with Crippen LogP contribution >= 0.6 is 11.3 Å². The van der Waals surface area contributed by atoms with Gasteiger partial charge in [0, 0.05) is 59.5 Å². The Morgan fingerprint density at radius 3 is 2.70 bits per heavy atom. The molecule has 3 heterocycles. The SMILES string of the molecule is Cc1ccc2c(c1)c1c(n2C)C(C)(CCc2nc(-c3ccccc3)cs2)CN(C)C1. The minimum absolute atomic E-state index is 0.114. The summed E-state index contributed by atoms with van der Waals surface area (Å²) < 4.78 is 2.45. The van der Waals surface area contributed by atoms with Crippen molar-refractivity contribution in [2.75, 3.05) is 13.6 Å². The zero-order chi connectivity index (χ0) is 20.9. The van der Waals surface area contributed by atoms with Crippen molar-refractivity contribution in [3.05, 3.63) is 75.7 Å². The molecule has 3 nitrogen and oxygen atoms in total. The van der Waals surface area contributed by atoms with E-state index >= 15 is 0 Å². The summed E-state index contributed by atoms with van der Waals surface area (Å²) in [6.45, 7) is 6.75. The van der Waals surface area contributed by atoms with Crippen LogP contribution in [0.5, 0.6) is 0 Å². The van der Waals surface area contributed by atoms with E-state index in [1.807, 2.05) is 0 Å². The topological polar surface area (TPSA) is 21.1 Å². The van der Waals surface area contributed by atoms with Crippen molar-refractivity contribution >= 4 is 22.2 Å². The number of rotatable bonds is 4. The van der Waals surface area contributed by atoms with Crippen LogP contribution in [0.1, 0.15) is 35.2 Å². The lowest BCUT2D eigenvalue weighted by Crippen LogP contribution is -2.43. The second kappa shape index (κ2) is 7.36. The summed E-state index contributed by atoms with van der Waals surface area (Å²) in [6.07, 6.45) is 2.12. The van der Waals surface area contributed by atoms with Crippen molar-refractivity contribution in [1.82, 2.24) is 14.5 Å². The van der Waals surface area contributed by atoms with Crippen LogP contribution in [0.2, 0.25) is 0 Å². The maximum atomic E-state index is 4.95. The second-order valence-corrected chi connectivity index (χ2v) is 10.1. The highest BCUT2D eigenvalue weighted by Crippen LogP contribution is 2.42. The van der Waals surface area contributed by atoms with Gasteiger partial charge >= 0.3 is 0 Å². The molecule has 2 aromatic carbocycles. The zero-order valence-electron chi connectivity index (χ0n) is 18.3. The molecule has 1 unspecified atom stereocenters. The van der Waals surface area contributed by atoms with Gasteiger partial charge in [-0.05, 0) is 38.1 Å². The Kier molecular flexibility index (Phi) is 4.79. The first-order valence-electron chi connectivity index (χ1n) is 10.7. The summed E-state index contributed by atoms with van der Waals surface area (Å²) in [4.78, 5) is 7.43. The molecular weight excluding hydrogens is 386 g/mol. The van der Waals surface area contributed by atoms with Gasteiger partial charge < -0.3 is 9.47 Å². The number of likely N-dealkylation sites (N-methyl/N-ethyl adjacent to an activating group) is 1. The Bertz CT molecular complexity index is 1200. The average Bonchev–Trinajstić information content (AvgIpc) is 3.31. The van der Waals surface area contributed by atoms with Crippen LogP contribution < -0.4 is 0 Å². The van der Waals surface area contributed by atoms with Crippen LogP contribution in [0.25, 0.3) is 22.2 Å². The zero-order valence-corrected chi connectivity index (χ0v) is 19.1. The number of thiazole rings is 1. The lowest BCUT2D eigenvalue weighted by Gasteiger charge is -2.40. The average molecular weight is 416 g/mol. The summed E-state index contributed by atoms with van der Waals surface area (Å²) >= 11 is 1.79. The molecule has 5 rings (SSSR count). The quantitative estimate of drug-likeness (QED) is 0.411. The van der Waals surface area contributed by atoms with Crippen LogP contribution in [0.4, 0.5) is 0 Å². The lowest BCUT2D eigenvalue weighted by molar-refractivity contribution is 0.207. The van der Waals surface area contributed by atoms with Gasteiger partial charge in [0.1, 0.15) is 0 Å². The lowest BCUT2D eigenvalue weighted by atomic mass is 9.77. The van der Waals surface area contributed by atoms with Gasteiger partial charge in [-0.3, -0.25) is 0 Å². The van der Waals surface area contributed by atoms with E-state index in [9.17, 15) is 0 Å². The standard InChI is InChI=1S/C26H29N3S/c1-18-10-11-23-20(14-18)21-15-28(3)17-26(2,25(21)29(23)4)13-12-24-27-22(16-30-24)19-8-6-5-7-9-19/h5-11,14,16H,12-13,15,17H2,1-4H3. The predicted molar refractivity (Wildman–Crippen MR) is 127 cm³/mol. The molecule has 0 aliphatic carbocycles. The van der Waals surface area contributed by atoms with E-state index in [4.69, 9.17) is 4.98 Å². The van der Waals surface area contributed by atoms with Crippen molar-refractivity contribution in [2.45, 2.75) is 38.6 Å². The van der Waals surface area contributed by atoms with Gasteiger partial charge in [0.25, 0.3) is 0 Å². The molecule has 1 aliphatic rings. The maximum Gasteiger partial charge on any atom is 0.0932 e. The monoisotopic (exact) mass is 415 g/mol. The maximum absolute atomic E-state index is 4.95. The molecule has 0 amide bonds. The summed E-state index contributed by atoms with van der Waals surface area (Å²) in [6, 6.07) is 17.4. The van der Waals surface area contributed by atoms with Crippen molar-refractivity contribution < 1.29 is 0 Å². The van der Waals surface area contributed by atoms with E-state index in [-0.39, 0.29) is 5.41 Å². The van der Waals surface area contributed by atoms with E-state index in [2.05, 4.69) is 91.3 Å². The molecule has 0 saturated heterocycles. The fourth-order valence-corrected chi connectivity index (χ4v) is 6.12. The van der Waals surface area contributed by atoms with Crippen LogP contribution in [-0.2, 0) is 25.4 Å². The summed E-state index contributed by atoms with van der Waals surface area (Å²) in [5.74, 6) is 0. The number of benzene rings is 2. The largest absolute Gasteiger partial charge is 0.347 e. The Morgan fingerprint density at radius 1 is 1.10 bits per heavy atom. The van der Waals surface area contributed by atoms with Gasteiger partial charge in [-0.25, -0.2) is 4.98 Å². The number of aryl methyl sites for hydroxylation is 3. The van der Waals surface area contributed by atoms with Gasteiger partial charge in [0.05, 0.1) is 10.7 Å². The molecule has 0 N–H and O–H groups in total. The van der Waals surface area contributed by atoms with Crippen molar-refractivity contribution in [2.24, 2.45) is 7.05 Å². The Labute approximate surface area is 183 Å². The Morgan fingerprint density at radius 2 is 1.90 bits per heavy atom. The minimum atomic E-state index is 0.114. The molecule has 1 aliphatic heterocycles. The number of fused-ring (bicyclic) bond motifs is 3. The second-order valence-electron chi connectivity index (χ2n) is 9.13. The van der Waals surface area contributed by atoms with E-state index in [0.717, 1.165) is 31.6 Å². The fourth-order valence-electron chi connectivity index (χ4n) is 5.31. The van der Waals surface area contributed by atoms with Gasteiger partial charge in [0.2, 0.25) is 0 Å². The third-order valence-electron chi connectivity index (χ3n) is 6.59. The molecule has 0 radical (unpaired) electrons. The van der Waals surface area contributed by atoms with E-state index in [1.165, 1.54) is 38.3 Å². The molecular formula is C26H29N3S. The molecule has 2 aromatic heterocycles. The van der Waals surface area contributed by atoms with Crippen LogP contribution in [0.15, 0.2) is 53.9 Å². The summed E-state index contributed by atoms with van der Waals surface area (Å²) in [5.41, 5.74) is 8.13. The number of nitrogens with zero attached hydrogens (tertiary/aromatic N) is 3. The molecule has 4 heteroatoms. The van der Waals surface area contributed by atoms with Crippen molar-refractivity contribution in [3.8, 4) is 11.3 Å². The summed E-state index contributed by atoms with van der Waals surface area (Å²) in [5, 5.41) is 4.86. The van der Waals surface area contributed by atoms with E-state index in [0.29, 0.717) is 0 Å². The Hall–Kier alpha value is -2.43. The van der Waals surface area contributed by atoms with Crippen molar-refractivity contribution in [1.29, 1.82) is 0 Å². The number of hydrogen-bond donors (Lipinski definition) is 0. The van der Waals surface area contributed by atoms with Gasteiger partial charge in [0.15, 0.2) is 0 Å². The molecule has 4 aromatic rings. The number of aromatic nitrogens is 2. The highest BCUT2D eigenvalue weighted by atomic mass is 32.1. The van der Waals surface area contributed by atoms with Gasteiger partial charge in [-0.2, -0.15) is 0 Å². The molecule has 1 atom stereocenters. The Balaban J connectivity index is 1.47. The first-order valence-corrected chi connectivity index (χ1v) is 11.6. The fraction of sp³-hybridized carbons (Fsp3) is 0.346. The molecule has 0 fully saturated rings. The minimum Gasteiger partial charge on any atom is -0.347 e. The van der Waals surface area contributed by atoms with Crippen LogP contribution in [0.3, 0.4) is 0 Å². The van der Waals surface area contributed by atoms with Gasteiger partial charge in [-0.1, -0.05) is 48.9 Å². The summed E-state index contributed by atoms with van der Waals surface area (Å²) in [7, 11) is 4.50. The molecule has 0 bridgehead atoms. The first-order chi connectivity index (χ1) is 14.4. The predicted octanol–water partition coefficient (Wildman–Crippen LogP) is 5.95. The highest BCUT2D eigenvalue weighted by molar-refractivity contribution is 7.09. The van der Waals surface area contributed by atoms with Crippen LogP contribution in [-0.4, -0.2) is 28.0 Å². The van der Waals surface area contributed by atoms with E-state index in [1.54, 1.807) is 11.3 Å². The smallest absolute Gasteiger partial charge is 0.0932 e. The highest BCUT2D eigenvalue weighted by Gasteiger charge is 2.38. The molecule has 30 heavy (non-hydrogen) atoms.